The molecule has 0 saturated carbocycles. The van der Waals surface area contributed by atoms with Crippen molar-refractivity contribution in [2.45, 2.75) is 25.8 Å². The molecule has 0 aliphatic rings. The normalized spacial score (nSPS) is 14.1. The van der Waals surface area contributed by atoms with Crippen molar-refractivity contribution in [1.29, 1.82) is 0 Å². The molecular weight excluding hydrogens is 239 g/mol. The number of likely N-dealkylation sites (N-methyl/N-ethyl adjacent to an activating group) is 1. The summed E-state index contributed by atoms with van der Waals surface area (Å²) < 4.78 is 13.7. The van der Waals surface area contributed by atoms with Gasteiger partial charge in [0, 0.05) is 23.9 Å². The molecule has 19 heavy (non-hydrogen) atoms. The minimum atomic E-state index is -0.161. The molecule has 0 fully saturated rings. The van der Waals surface area contributed by atoms with Crippen molar-refractivity contribution in [3.05, 3.63) is 65.2 Å². The molecule has 0 radical (unpaired) electrons. The minimum absolute atomic E-state index is 0.0463. The molecule has 0 spiro atoms. The average molecular weight is 258 g/mol. The van der Waals surface area contributed by atoms with Gasteiger partial charge in [-0.15, -0.1) is 0 Å². The van der Waals surface area contributed by atoms with Crippen molar-refractivity contribution in [2.24, 2.45) is 0 Å². The van der Waals surface area contributed by atoms with Crippen LogP contribution in [0, 0.1) is 12.7 Å². The number of nitrogens with zero attached hydrogens (tertiary/aromatic N) is 1. The highest BCUT2D eigenvalue weighted by molar-refractivity contribution is 5.28. The van der Waals surface area contributed by atoms with Gasteiger partial charge in [-0.2, -0.15) is 0 Å². The average Bonchev–Trinajstić information content (AvgIpc) is 2.44. The fourth-order valence-electron chi connectivity index (χ4n) is 2.32. The topological polar surface area (TPSA) is 24.9 Å². The summed E-state index contributed by atoms with van der Waals surface area (Å²) in [5, 5.41) is 3.26. The molecule has 2 nitrogen and oxygen atoms in total. The number of pyridine rings is 1. The van der Waals surface area contributed by atoms with E-state index < -0.39 is 0 Å². The summed E-state index contributed by atoms with van der Waals surface area (Å²) in [5.41, 5.74) is 2.62. The van der Waals surface area contributed by atoms with E-state index >= 15 is 0 Å². The van der Waals surface area contributed by atoms with Crippen molar-refractivity contribution >= 4 is 0 Å². The van der Waals surface area contributed by atoms with E-state index in [1.165, 1.54) is 0 Å². The predicted molar refractivity (Wildman–Crippen MR) is 75.6 cm³/mol. The third-order valence-electron chi connectivity index (χ3n) is 3.52. The van der Waals surface area contributed by atoms with Crippen LogP contribution in [-0.2, 0) is 0 Å². The molecule has 1 aromatic heterocycles. The lowest BCUT2D eigenvalue weighted by Gasteiger charge is -2.24. The zero-order valence-corrected chi connectivity index (χ0v) is 11.5. The zero-order chi connectivity index (χ0) is 13.8. The second kappa shape index (κ2) is 5.93. The first kappa shape index (κ1) is 13.7. The fourth-order valence-corrected chi connectivity index (χ4v) is 2.32. The van der Waals surface area contributed by atoms with E-state index in [9.17, 15) is 4.39 Å². The molecule has 2 unspecified atom stereocenters. The first-order chi connectivity index (χ1) is 9.13. The van der Waals surface area contributed by atoms with Gasteiger partial charge in [0.25, 0.3) is 0 Å². The molecule has 3 heteroatoms. The Hall–Kier alpha value is -1.74. The van der Waals surface area contributed by atoms with E-state index in [2.05, 4.69) is 17.2 Å². The van der Waals surface area contributed by atoms with Crippen LogP contribution in [0.15, 0.2) is 42.6 Å². The van der Waals surface area contributed by atoms with Crippen LogP contribution in [0.1, 0.15) is 35.7 Å². The highest BCUT2D eigenvalue weighted by atomic mass is 19.1. The molecule has 1 aromatic carbocycles. The summed E-state index contributed by atoms with van der Waals surface area (Å²) in [6, 6.07) is 11.3. The maximum absolute atomic E-state index is 13.7. The zero-order valence-electron chi connectivity index (χ0n) is 11.5. The number of nitrogens with one attached hydrogen (secondary N) is 1. The van der Waals surface area contributed by atoms with Crippen molar-refractivity contribution in [2.75, 3.05) is 7.05 Å². The molecule has 0 aliphatic carbocycles. The maximum atomic E-state index is 13.7. The predicted octanol–water partition coefficient (Wildman–Crippen LogP) is 3.59. The molecular formula is C16H19FN2. The number of benzene rings is 1. The molecule has 0 amide bonds. The molecule has 1 N–H and O–H groups in total. The van der Waals surface area contributed by atoms with E-state index in [0.717, 1.165) is 11.3 Å². The molecule has 2 atom stereocenters. The number of rotatable bonds is 4. The van der Waals surface area contributed by atoms with Gasteiger partial charge >= 0.3 is 0 Å². The van der Waals surface area contributed by atoms with Crippen LogP contribution in [0.4, 0.5) is 4.39 Å². The number of hydrogen-bond donors (Lipinski definition) is 1. The van der Waals surface area contributed by atoms with Crippen molar-refractivity contribution in [3.63, 3.8) is 0 Å². The Morgan fingerprint density at radius 1 is 1.21 bits per heavy atom. The number of hydrogen-bond acceptors (Lipinski definition) is 2. The second-order valence-corrected chi connectivity index (χ2v) is 4.82. The van der Waals surface area contributed by atoms with E-state index in [-0.39, 0.29) is 17.8 Å². The third-order valence-corrected chi connectivity index (χ3v) is 3.52. The van der Waals surface area contributed by atoms with Crippen molar-refractivity contribution in [1.82, 2.24) is 10.3 Å². The molecule has 0 aliphatic heterocycles. The van der Waals surface area contributed by atoms with Crippen LogP contribution in [0.2, 0.25) is 0 Å². The second-order valence-electron chi connectivity index (χ2n) is 4.82. The fraction of sp³-hybridized carbons (Fsp3) is 0.312. The Bertz CT molecular complexity index is 540. The van der Waals surface area contributed by atoms with Gasteiger partial charge in [-0.05, 0) is 43.3 Å². The van der Waals surface area contributed by atoms with Gasteiger partial charge in [-0.3, -0.25) is 4.98 Å². The molecule has 1 heterocycles. The summed E-state index contributed by atoms with van der Waals surface area (Å²) in [7, 11) is 1.89. The summed E-state index contributed by atoms with van der Waals surface area (Å²) in [6.45, 7) is 3.87. The molecule has 0 saturated heterocycles. The van der Waals surface area contributed by atoms with Gasteiger partial charge in [-0.1, -0.05) is 25.1 Å². The lowest BCUT2D eigenvalue weighted by Crippen LogP contribution is -2.23. The Balaban J connectivity index is 2.31. The molecule has 0 bridgehead atoms. The van der Waals surface area contributed by atoms with Crippen LogP contribution in [-0.4, -0.2) is 12.0 Å². The monoisotopic (exact) mass is 258 g/mol. The van der Waals surface area contributed by atoms with Crippen LogP contribution in [0.5, 0.6) is 0 Å². The lowest BCUT2D eigenvalue weighted by molar-refractivity contribution is 0.495. The van der Waals surface area contributed by atoms with E-state index in [0.29, 0.717) is 5.56 Å². The summed E-state index contributed by atoms with van der Waals surface area (Å²) in [5.74, 6) is 0.0132. The van der Waals surface area contributed by atoms with Crippen LogP contribution >= 0.6 is 0 Å². The first-order valence-corrected chi connectivity index (χ1v) is 6.47. The van der Waals surface area contributed by atoms with Gasteiger partial charge in [0.2, 0.25) is 0 Å². The largest absolute Gasteiger partial charge is 0.312 e. The summed E-state index contributed by atoms with van der Waals surface area (Å²) >= 11 is 0. The summed E-state index contributed by atoms with van der Waals surface area (Å²) in [6.07, 6.45) is 1.79. The van der Waals surface area contributed by atoms with Crippen LogP contribution < -0.4 is 5.32 Å². The lowest BCUT2D eigenvalue weighted by atomic mass is 9.91. The highest BCUT2D eigenvalue weighted by Gasteiger charge is 2.20. The van der Waals surface area contributed by atoms with Gasteiger partial charge in [0.05, 0.1) is 0 Å². The van der Waals surface area contributed by atoms with E-state index in [1.54, 1.807) is 19.2 Å². The van der Waals surface area contributed by atoms with Gasteiger partial charge in [0.1, 0.15) is 5.82 Å². The Labute approximate surface area is 113 Å². The van der Waals surface area contributed by atoms with E-state index in [4.69, 9.17) is 0 Å². The summed E-state index contributed by atoms with van der Waals surface area (Å²) in [4.78, 5) is 4.38. The minimum Gasteiger partial charge on any atom is -0.312 e. The third kappa shape index (κ3) is 2.99. The highest BCUT2D eigenvalue weighted by Crippen LogP contribution is 2.29. The SMILES string of the molecule is CNC(c1ccc(C)c(F)c1)C(C)c1ccccn1. The van der Waals surface area contributed by atoms with Crippen LogP contribution in [0.3, 0.4) is 0 Å². The molecule has 100 valence electrons. The van der Waals surface area contributed by atoms with E-state index in [1.807, 2.05) is 37.4 Å². The van der Waals surface area contributed by atoms with Crippen molar-refractivity contribution < 1.29 is 4.39 Å². The Morgan fingerprint density at radius 3 is 2.58 bits per heavy atom. The van der Waals surface area contributed by atoms with Crippen LogP contribution in [0.25, 0.3) is 0 Å². The number of aryl methyl sites for hydroxylation is 1. The molecule has 2 aromatic rings. The smallest absolute Gasteiger partial charge is 0.126 e. The van der Waals surface area contributed by atoms with Gasteiger partial charge < -0.3 is 5.32 Å². The maximum Gasteiger partial charge on any atom is 0.126 e. The molecule has 2 rings (SSSR count). The van der Waals surface area contributed by atoms with Crippen molar-refractivity contribution in [3.8, 4) is 0 Å². The standard InChI is InChI=1S/C16H19FN2/c1-11-7-8-13(10-14(11)17)16(18-3)12(2)15-6-4-5-9-19-15/h4-10,12,16,18H,1-3H3. The number of halogens is 1. The Kier molecular flexibility index (Phi) is 4.27. The first-order valence-electron chi connectivity index (χ1n) is 6.47. The van der Waals surface area contributed by atoms with Gasteiger partial charge in [0.15, 0.2) is 0 Å². The quantitative estimate of drug-likeness (QED) is 0.906. The van der Waals surface area contributed by atoms with Gasteiger partial charge in [-0.25, -0.2) is 4.39 Å². The Morgan fingerprint density at radius 2 is 2.00 bits per heavy atom. The number of aromatic nitrogens is 1.